The predicted molar refractivity (Wildman–Crippen MR) is 127 cm³/mol. The zero-order chi connectivity index (χ0) is 23.0. The molecule has 2 rings (SSSR count). The Balaban J connectivity index is 2.45. The van der Waals surface area contributed by atoms with Crippen LogP contribution in [-0.4, -0.2) is 38.3 Å². The third-order valence-corrected chi connectivity index (χ3v) is 7.94. The average molecular weight is 446 g/mol. The van der Waals surface area contributed by atoms with E-state index in [0.717, 1.165) is 22.4 Å². The van der Waals surface area contributed by atoms with Crippen molar-refractivity contribution in [1.29, 1.82) is 0 Å². The lowest BCUT2D eigenvalue weighted by Gasteiger charge is -2.34. The smallest absolute Gasteiger partial charge is 0.220 e. The lowest BCUT2D eigenvalue weighted by molar-refractivity contribution is 0.0877. The summed E-state index contributed by atoms with van der Waals surface area (Å²) in [7, 11) is -0.514. The number of benzene rings is 2. The molecule has 5 nitrogen and oxygen atoms in total. The van der Waals surface area contributed by atoms with Gasteiger partial charge in [0.1, 0.15) is 11.0 Å². The second-order valence-corrected chi connectivity index (χ2v) is 10.2. The van der Waals surface area contributed by atoms with E-state index in [-0.39, 0.29) is 12.5 Å². The van der Waals surface area contributed by atoms with Crippen LogP contribution in [0, 0.1) is 12.8 Å². The summed E-state index contributed by atoms with van der Waals surface area (Å²) in [6, 6.07) is 15.5. The van der Waals surface area contributed by atoms with Crippen molar-refractivity contribution in [1.82, 2.24) is 4.31 Å². The van der Waals surface area contributed by atoms with E-state index in [0.29, 0.717) is 13.0 Å². The molecule has 2 aromatic rings. The van der Waals surface area contributed by atoms with Crippen molar-refractivity contribution < 1.29 is 17.9 Å². The zero-order valence-electron chi connectivity index (χ0n) is 19.2. The second kappa shape index (κ2) is 11.5. The van der Waals surface area contributed by atoms with Crippen LogP contribution in [0.1, 0.15) is 37.0 Å². The molecule has 31 heavy (non-hydrogen) atoms. The van der Waals surface area contributed by atoms with E-state index < -0.39 is 21.4 Å². The van der Waals surface area contributed by atoms with Crippen molar-refractivity contribution in [3.63, 3.8) is 0 Å². The van der Waals surface area contributed by atoms with Crippen LogP contribution in [0.2, 0.25) is 0 Å². The summed E-state index contributed by atoms with van der Waals surface area (Å²) in [4.78, 5) is 0. The standard InChI is InChI=1S/C25H35NO4S/c1-7-8-24(30-6)25(19(2)3)31(27,28)26(17-21-11-9-20(4)10-12-21)18-22-13-15-23(29-5)16-14-22/h7,9-16,19,24-25H,1,8,17-18H2,2-6H3/t24-,25+/m1/s1. The Labute approximate surface area is 187 Å². The van der Waals surface area contributed by atoms with Gasteiger partial charge in [-0.25, -0.2) is 8.42 Å². The SMILES string of the molecule is C=CC[C@@H](OC)[C@H](C(C)C)S(=O)(=O)N(Cc1ccc(C)cc1)Cc1ccc(OC)cc1. The van der Waals surface area contributed by atoms with Gasteiger partial charge in [0.15, 0.2) is 0 Å². The minimum absolute atomic E-state index is 0.119. The lowest BCUT2D eigenvalue weighted by Crippen LogP contribution is -2.47. The normalized spacial score (nSPS) is 13.9. The van der Waals surface area contributed by atoms with Crippen molar-refractivity contribution >= 4 is 10.0 Å². The second-order valence-electron chi connectivity index (χ2n) is 8.15. The van der Waals surface area contributed by atoms with E-state index in [1.807, 2.05) is 69.3 Å². The summed E-state index contributed by atoms with van der Waals surface area (Å²) in [6.45, 7) is 10.2. The number of hydrogen-bond donors (Lipinski definition) is 0. The van der Waals surface area contributed by atoms with Crippen LogP contribution in [0.4, 0.5) is 0 Å². The highest BCUT2D eigenvalue weighted by atomic mass is 32.2. The zero-order valence-corrected chi connectivity index (χ0v) is 20.1. The molecule has 0 heterocycles. The van der Waals surface area contributed by atoms with E-state index in [2.05, 4.69) is 6.58 Å². The molecule has 0 unspecified atom stereocenters. The molecule has 0 aliphatic carbocycles. The predicted octanol–water partition coefficient (Wildman–Crippen LogP) is 4.95. The van der Waals surface area contributed by atoms with E-state index in [1.54, 1.807) is 24.6 Å². The van der Waals surface area contributed by atoms with Gasteiger partial charge in [-0.3, -0.25) is 0 Å². The van der Waals surface area contributed by atoms with E-state index >= 15 is 0 Å². The summed E-state index contributed by atoms with van der Waals surface area (Å²) in [5.74, 6) is 0.619. The number of methoxy groups -OCH3 is 2. The summed E-state index contributed by atoms with van der Waals surface area (Å²) in [5.41, 5.74) is 2.98. The maximum absolute atomic E-state index is 13.9. The Kier molecular flexibility index (Phi) is 9.29. The maximum atomic E-state index is 13.9. The summed E-state index contributed by atoms with van der Waals surface area (Å²) in [5, 5.41) is -0.681. The Morgan fingerprint density at radius 2 is 1.48 bits per heavy atom. The minimum atomic E-state index is -3.69. The molecule has 0 N–H and O–H groups in total. The van der Waals surface area contributed by atoms with Gasteiger partial charge in [0.2, 0.25) is 10.0 Å². The maximum Gasteiger partial charge on any atom is 0.220 e. The molecule has 170 valence electrons. The van der Waals surface area contributed by atoms with Gasteiger partial charge >= 0.3 is 0 Å². The summed E-state index contributed by atoms with van der Waals surface area (Å²) < 4.78 is 40.3. The van der Waals surface area contributed by atoms with Gasteiger partial charge in [0.25, 0.3) is 0 Å². The highest BCUT2D eigenvalue weighted by Gasteiger charge is 2.39. The van der Waals surface area contributed by atoms with Gasteiger partial charge in [-0.05, 0) is 42.5 Å². The van der Waals surface area contributed by atoms with Crippen LogP contribution < -0.4 is 4.74 Å². The Bertz CT molecular complexity index is 921. The molecule has 0 aliphatic heterocycles. The highest BCUT2D eigenvalue weighted by Crippen LogP contribution is 2.27. The first-order valence-electron chi connectivity index (χ1n) is 10.5. The number of rotatable bonds is 12. The van der Waals surface area contributed by atoms with Crippen molar-refractivity contribution in [3.05, 3.63) is 77.9 Å². The van der Waals surface area contributed by atoms with Crippen LogP contribution in [0.15, 0.2) is 61.2 Å². The molecule has 0 fully saturated rings. The van der Waals surface area contributed by atoms with Gasteiger partial charge < -0.3 is 9.47 Å². The molecule has 0 amide bonds. The molecule has 0 aromatic heterocycles. The lowest BCUT2D eigenvalue weighted by atomic mass is 10.0. The Hall–Kier alpha value is -2.15. The van der Waals surface area contributed by atoms with Gasteiger partial charge in [0, 0.05) is 20.2 Å². The largest absolute Gasteiger partial charge is 0.497 e. The third-order valence-electron chi connectivity index (χ3n) is 5.43. The monoisotopic (exact) mass is 445 g/mol. The van der Waals surface area contributed by atoms with E-state index in [1.165, 1.54) is 0 Å². The van der Waals surface area contributed by atoms with Gasteiger partial charge in [-0.15, -0.1) is 6.58 Å². The number of aryl methyl sites for hydroxylation is 1. The molecule has 2 aromatic carbocycles. The molecule has 0 bridgehead atoms. The fourth-order valence-electron chi connectivity index (χ4n) is 3.73. The molecule has 0 saturated heterocycles. The first kappa shape index (κ1) is 25.1. The van der Waals surface area contributed by atoms with Crippen LogP contribution in [0.3, 0.4) is 0 Å². The Morgan fingerprint density at radius 1 is 0.968 bits per heavy atom. The highest BCUT2D eigenvalue weighted by molar-refractivity contribution is 7.89. The molecular formula is C25H35NO4S. The molecule has 0 radical (unpaired) electrons. The minimum Gasteiger partial charge on any atom is -0.497 e. The van der Waals surface area contributed by atoms with E-state index in [9.17, 15) is 8.42 Å². The molecule has 2 atom stereocenters. The first-order valence-corrected chi connectivity index (χ1v) is 12.0. The van der Waals surface area contributed by atoms with Gasteiger partial charge in [0.05, 0.1) is 13.2 Å². The van der Waals surface area contributed by atoms with Crippen LogP contribution in [-0.2, 0) is 27.8 Å². The van der Waals surface area contributed by atoms with Crippen molar-refractivity contribution in [2.45, 2.75) is 51.6 Å². The number of hydrogen-bond acceptors (Lipinski definition) is 4. The summed E-state index contributed by atoms with van der Waals surface area (Å²) in [6.07, 6.45) is 1.73. The fourth-order valence-corrected chi connectivity index (χ4v) is 6.03. The van der Waals surface area contributed by atoms with Gasteiger partial charge in [-0.1, -0.05) is 61.9 Å². The molecule has 6 heteroatoms. The Morgan fingerprint density at radius 3 is 1.90 bits per heavy atom. The number of nitrogens with zero attached hydrogens (tertiary/aromatic N) is 1. The molecular weight excluding hydrogens is 410 g/mol. The average Bonchev–Trinajstić information content (AvgIpc) is 2.74. The third kappa shape index (κ3) is 6.66. The van der Waals surface area contributed by atoms with E-state index in [4.69, 9.17) is 9.47 Å². The van der Waals surface area contributed by atoms with Gasteiger partial charge in [-0.2, -0.15) is 4.31 Å². The first-order chi connectivity index (χ1) is 14.7. The van der Waals surface area contributed by atoms with Crippen molar-refractivity contribution in [3.8, 4) is 5.75 Å². The quantitative estimate of drug-likeness (QED) is 0.434. The topological polar surface area (TPSA) is 55.8 Å². The van der Waals surface area contributed by atoms with Crippen LogP contribution >= 0.6 is 0 Å². The van der Waals surface area contributed by atoms with Crippen molar-refractivity contribution in [2.24, 2.45) is 5.92 Å². The molecule has 0 aliphatic rings. The molecule has 0 saturated carbocycles. The summed E-state index contributed by atoms with van der Waals surface area (Å²) >= 11 is 0. The number of sulfonamides is 1. The molecule has 0 spiro atoms. The number of ether oxygens (including phenoxy) is 2. The van der Waals surface area contributed by atoms with Crippen molar-refractivity contribution in [2.75, 3.05) is 14.2 Å². The van der Waals surface area contributed by atoms with Crippen LogP contribution in [0.5, 0.6) is 5.75 Å². The van der Waals surface area contributed by atoms with Crippen LogP contribution in [0.25, 0.3) is 0 Å². The fraction of sp³-hybridized carbons (Fsp3) is 0.440.